The first-order valence-corrected chi connectivity index (χ1v) is 8.41. The highest BCUT2D eigenvalue weighted by Gasteiger charge is 2.23. The fourth-order valence-corrected chi connectivity index (χ4v) is 2.84. The summed E-state index contributed by atoms with van der Waals surface area (Å²) < 4.78 is 12.3. The van der Waals surface area contributed by atoms with E-state index in [0.29, 0.717) is 22.2 Å². The Balaban J connectivity index is 2.21. The van der Waals surface area contributed by atoms with Gasteiger partial charge in [0.25, 0.3) is 0 Å². The van der Waals surface area contributed by atoms with Crippen molar-refractivity contribution < 1.29 is 14.3 Å². The maximum atomic E-state index is 12.7. The molecule has 0 spiro atoms. The zero-order chi connectivity index (χ0) is 18.7. The number of aryl methyl sites for hydroxylation is 1. The molecule has 1 amide bonds. The predicted octanol–water partition coefficient (Wildman–Crippen LogP) is 3.61. The van der Waals surface area contributed by atoms with E-state index in [0.717, 1.165) is 11.3 Å². The van der Waals surface area contributed by atoms with Crippen LogP contribution in [0.25, 0.3) is 0 Å². The van der Waals surface area contributed by atoms with Crippen molar-refractivity contribution in [3.63, 3.8) is 0 Å². The second kappa shape index (κ2) is 7.78. The number of carbonyl (C=O) groups excluding carboxylic acids is 1. The number of ether oxygens (including phenoxy) is 2. The highest BCUT2D eigenvalue weighted by molar-refractivity contribution is 6.31. The fraction of sp³-hybridized carbons (Fsp3) is 0.444. The highest BCUT2D eigenvalue weighted by Crippen LogP contribution is 2.30. The zero-order valence-corrected chi connectivity index (χ0v) is 16.1. The number of hydrogen-bond acceptors (Lipinski definition) is 4. The number of halogens is 1. The monoisotopic (exact) mass is 365 g/mol. The molecule has 0 aliphatic rings. The summed E-state index contributed by atoms with van der Waals surface area (Å²) in [5.41, 5.74) is 2.32. The first-order valence-electron chi connectivity index (χ1n) is 8.03. The Morgan fingerprint density at radius 2 is 1.92 bits per heavy atom. The number of nitrogens with one attached hydrogen (secondary N) is 1. The van der Waals surface area contributed by atoms with Crippen molar-refractivity contribution in [1.82, 2.24) is 15.1 Å². The molecule has 7 heteroatoms. The lowest BCUT2D eigenvalue weighted by molar-refractivity contribution is -0.124. The van der Waals surface area contributed by atoms with E-state index < -0.39 is 6.04 Å². The lowest BCUT2D eigenvalue weighted by Gasteiger charge is -2.21. The molecule has 0 radical (unpaired) electrons. The number of aromatic nitrogens is 2. The second-order valence-corrected chi connectivity index (χ2v) is 6.32. The van der Waals surface area contributed by atoms with Gasteiger partial charge in [0.2, 0.25) is 5.91 Å². The minimum Gasteiger partial charge on any atom is -0.497 e. The van der Waals surface area contributed by atoms with Crippen LogP contribution in [0.1, 0.15) is 42.9 Å². The van der Waals surface area contributed by atoms with E-state index in [-0.39, 0.29) is 11.9 Å². The van der Waals surface area contributed by atoms with Crippen LogP contribution < -0.4 is 14.8 Å². The van der Waals surface area contributed by atoms with E-state index in [1.54, 1.807) is 25.8 Å². The summed E-state index contributed by atoms with van der Waals surface area (Å²) in [6.07, 6.45) is 0. The van der Waals surface area contributed by atoms with Gasteiger partial charge in [0.05, 0.1) is 36.7 Å². The van der Waals surface area contributed by atoms with E-state index in [4.69, 9.17) is 21.1 Å². The Bertz CT molecular complexity index is 773. The molecule has 1 heterocycles. The summed E-state index contributed by atoms with van der Waals surface area (Å²) in [7, 11) is 3.20. The average molecular weight is 366 g/mol. The van der Waals surface area contributed by atoms with Gasteiger partial charge in [-0.05, 0) is 45.9 Å². The minimum atomic E-state index is -0.481. The molecule has 1 aromatic carbocycles. The van der Waals surface area contributed by atoms with Crippen LogP contribution in [0.2, 0.25) is 5.02 Å². The fourth-order valence-electron chi connectivity index (χ4n) is 2.72. The number of rotatable bonds is 6. The summed E-state index contributed by atoms with van der Waals surface area (Å²) in [5, 5.41) is 7.93. The van der Waals surface area contributed by atoms with Gasteiger partial charge in [-0.15, -0.1) is 0 Å². The molecule has 0 bridgehead atoms. The third kappa shape index (κ3) is 3.90. The number of carbonyl (C=O) groups is 1. The summed E-state index contributed by atoms with van der Waals surface area (Å²) in [5.74, 6) is 1.24. The van der Waals surface area contributed by atoms with Crippen LogP contribution >= 0.6 is 11.6 Å². The molecule has 0 aliphatic heterocycles. The number of nitrogens with zero attached hydrogens (tertiary/aromatic N) is 2. The summed E-state index contributed by atoms with van der Waals surface area (Å²) >= 11 is 6.18. The molecule has 25 heavy (non-hydrogen) atoms. The standard InChI is InChI=1S/C18H24ClN3O3/c1-10(15-9-14(24-5)7-8-16(15)25-6)20-18(23)13(4)22-12(3)17(19)11(2)21-22/h7-10,13H,1-6H3,(H,20,23). The summed E-state index contributed by atoms with van der Waals surface area (Å²) in [4.78, 5) is 12.7. The number of hydrogen-bond donors (Lipinski definition) is 1. The summed E-state index contributed by atoms with van der Waals surface area (Å²) in [6.45, 7) is 7.36. The van der Waals surface area contributed by atoms with E-state index in [1.165, 1.54) is 0 Å². The molecule has 6 nitrogen and oxygen atoms in total. The molecule has 0 aliphatic carbocycles. The van der Waals surface area contributed by atoms with Crippen LogP contribution in [-0.4, -0.2) is 29.9 Å². The zero-order valence-electron chi connectivity index (χ0n) is 15.4. The van der Waals surface area contributed by atoms with Crippen molar-refractivity contribution in [1.29, 1.82) is 0 Å². The van der Waals surface area contributed by atoms with Crippen molar-refractivity contribution in [2.24, 2.45) is 0 Å². The van der Waals surface area contributed by atoms with E-state index in [1.807, 2.05) is 39.0 Å². The Morgan fingerprint density at radius 3 is 2.44 bits per heavy atom. The maximum absolute atomic E-state index is 12.7. The van der Waals surface area contributed by atoms with Gasteiger partial charge in [0.15, 0.2) is 0 Å². The van der Waals surface area contributed by atoms with Crippen molar-refractivity contribution in [2.75, 3.05) is 14.2 Å². The minimum absolute atomic E-state index is 0.153. The average Bonchev–Trinajstić information content (AvgIpc) is 2.87. The first-order chi connectivity index (χ1) is 11.8. The molecular weight excluding hydrogens is 342 g/mol. The van der Waals surface area contributed by atoms with Gasteiger partial charge in [0, 0.05) is 5.56 Å². The van der Waals surface area contributed by atoms with E-state index >= 15 is 0 Å². The molecule has 1 aromatic heterocycles. The molecular formula is C18H24ClN3O3. The van der Waals surface area contributed by atoms with E-state index in [2.05, 4.69) is 10.4 Å². The lowest BCUT2D eigenvalue weighted by atomic mass is 10.1. The van der Waals surface area contributed by atoms with Gasteiger partial charge in [-0.1, -0.05) is 11.6 Å². The predicted molar refractivity (Wildman–Crippen MR) is 97.5 cm³/mol. The summed E-state index contributed by atoms with van der Waals surface area (Å²) in [6, 6.07) is 4.75. The number of methoxy groups -OCH3 is 2. The van der Waals surface area contributed by atoms with Crippen LogP contribution in [0.4, 0.5) is 0 Å². The highest BCUT2D eigenvalue weighted by atomic mass is 35.5. The normalized spacial score (nSPS) is 13.2. The molecule has 2 atom stereocenters. The maximum Gasteiger partial charge on any atom is 0.245 e. The smallest absolute Gasteiger partial charge is 0.245 e. The number of benzene rings is 1. The van der Waals surface area contributed by atoms with Crippen molar-refractivity contribution >= 4 is 17.5 Å². The van der Waals surface area contributed by atoms with Crippen LogP contribution in [0, 0.1) is 13.8 Å². The largest absolute Gasteiger partial charge is 0.497 e. The van der Waals surface area contributed by atoms with Gasteiger partial charge >= 0.3 is 0 Å². The van der Waals surface area contributed by atoms with Gasteiger partial charge in [0.1, 0.15) is 17.5 Å². The Hall–Kier alpha value is -2.21. The topological polar surface area (TPSA) is 65.4 Å². The van der Waals surface area contributed by atoms with Crippen LogP contribution in [-0.2, 0) is 4.79 Å². The van der Waals surface area contributed by atoms with Gasteiger partial charge in [-0.3, -0.25) is 9.48 Å². The Morgan fingerprint density at radius 1 is 1.24 bits per heavy atom. The van der Waals surface area contributed by atoms with Crippen molar-refractivity contribution in [3.8, 4) is 11.5 Å². The van der Waals surface area contributed by atoms with Crippen LogP contribution in [0.15, 0.2) is 18.2 Å². The molecule has 0 saturated carbocycles. The van der Waals surface area contributed by atoms with Crippen LogP contribution in [0.5, 0.6) is 11.5 Å². The Labute approximate surface area is 153 Å². The Kier molecular flexibility index (Phi) is 5.95. The van der Waals surface area contributed by atoms with E-state index in [9.17, 15) is 4.79 Å². The SMILES string of the molecule is COc1ccc(OC)c(C(C)NC(=O)C(C)n2nc(C)c(Cl)c2C)c1. The quantitative estimate of drug-likeness (QED) is 0.849. The molecule has 2 aromatic rings. The van der Waals surface area contributed by atoms with Gasteiger partial charge in [-0.25, -0.2) is 0 Å². The van der Waals surface area contributed by atoms with Gasteiger partial charge < -0.3 is 14.8 Å². The molecule has 0 fully saturated rings. The molecule has 136 valence electrons. The molecule has 2 unspecified atom stereocenters. The third-order valence-corrected chi connectivity index (χ3v) is 4.79. The number of amides is 1. The second-order valence-electron chi connectivity index (χ2n) is 5.94. The third-order valence-electron chi connectivity index (χ3n) is 4.25. The molecule has 2 rings (SSSR count). The molecule has 1 N–H and O–H groups in total. The van der Waals surface area contributed by atoms with Gasteiger partial charge in [-0.2, -0.15) is 5.10 Å². The lowest BCUT2D eigenvalue weighted by Crippen LogP contribution is -2.34. The molecule has 0 saturated heterocycles. The van der Waals surface area contributed by atoms with Crippen molar-refractivity contribution in [3.05, 3.63) is 40.2 Å². The van der Waals surface area contributed by atoms with Crippen LogP contribution in [0.3, 0.4) is 0 Å². The first kappa shape index (κ1) is 19.1. The van der Waals surface area contributed by atoms with Crippen molar-refractivity contribution in [2.45, 2.75) is 39.8 Å².